The summed E-state index contributed by atoms with van der Waals surface area (Å²) in [6, 6.07) is 21.5. The molecular formula is C22H21F3N2. The zero-order valence-corrected chi connectivity index (χ0v) is 15.2. The van der Waals surface area contributed by atoms with E-state index in [1.54, 1.807) is 0 Å². The van der Waals surface area contributed by atoms with Gasteiger partial charge in [0.25, 0.3) is 0 Å². The first-order valence-electron chi connectivity index (χ1n) is 8.61. The summed E-state index contributed by atoms with van der Waals surface area (Å²) in [6.07, 6.45) is -4.31. The Morgan fingerprint density at radius 2 is 1.48 bits per heavy atom. The molecular weight excluding hydrogens is 349 g/mol. The predicted octanol–water partition coefficient (Wildman–Crippen LogP) is 6.05. The quantitative estimate of drug-likeness (QED) is 0.588. The van der Waals surface area contributed by atoms with Crippen molar-refractivity contribution >= 4 is 11.4 Å². The van der Waals surface area contributed by atoms with Crippen molar-refractivity contribution in [2.45, 2.75) is 12.7 Å². The highest BCUT2D eigenvalue weighted by Gasteiger charge is 2.29. The third-order valence-electron chi connectivity index (χ3n) is 4.35. The molecule has 0 unspecified atom stereocenters. The zero-order chi connectivity index (χ0) is 19.4. The number of hydrogen-bond acceptors (Lipinski definition) is 2. The summed E-state index contributed by atoms with van der Waals surface area (Å²) in [6.45, 7) is 0.537. The van der Waals surface area contributed by atoms with E-state index in [1.807, 2.05) is 37.2 Å². The molecule has 0 fully saturated rings. The molecule has 0 spiro atoms. The van der Waals surface area contributed by atoms with Crippen LogP contribution < -0.4 is 10.2 Å². The molecule has 27 heavy (non-hydrogen) atoms. The molecule has 3 aromatic carbocycles. The van der Waals surface area contributed by atoms with Crippen LogP contribution in [0.2, 0.25) is 0 Å². The molecule has 140 valence electrons. The van der Waals surface area contributed by atoms with E-state index >= 15 is 0 Å². The minimum absolute atomic E-state index is 0.537. The predicted molar refractivity (Wildman–Crippen MR) is 105 cm³/mol. The van der Waals surface area contributed by atoms with Crippen LogP contribution in [0.5, 0.6) is 0 Å². The zero-order valence-electron chi connectivity index (χ0n) is 15.2. The monoisotopic (exact) mass is 370 g/mol. The van der Waals surface area contributed by atoms with Crippen LogP contribution in [0, 0.1) is 0 Å². The summed E-state index contributed by atoms with van der Waals surface area (Å²) in [7, 11) is 4.01. The normalized spacial score (nSPS) is 11.3. The Kier molecular flexibility index (Phi) is 5.40. The lowest BCUT2D eigenvalue weighted by Gasteiger charge is -2.13. The first-order valence-corrected chi connectivity index (χ1v) is 8.61. The molecule has 3 rings (SSSR count). The summed E-state index contributed by atoms with van der Waals surface area (Å²) in [4.78, 5) is 2.05. The Morgan fingerprint density at radius 1 is 0.815 bits per heavy atom. The fraction of sp³-hybridized carbons (Fsp3) is 0.182. The van der Waals surface area contributed by atoms with Gasteiger partial charge in [-0.05, 0) is 59.2 Å². The lowest BCUT2D eigenvalue weighted by Crippen LogP contribution is -2.07. The van der Waals surface area contributed by atoms with E-state index in [9.17, 15) is 13.2 Å². The van der Waals surface area contributed by atoms with E-state index < -0.39 is 11.7 Å². The second-order valence-corrected chi connectivity index (χ2v) is 6.57. The Hall–Kier alpha value is -2.95. The fourth-order valence-electron chi connectivity index (χ4n) is 2.79. The molecule has 2 nitrogen and oxygen atoms in total. The largest absolute Gasteiger partial charge is 0.416 e. The van der Waals surface area contributed by atoms with Crippen LogP contribution in [-0.4, -0.2) is 14.1 Å². The van der Waals surface area contributed by atoms with Gasteiger partial charge in [0.2, 0.25) is 0 Å². The molecule has 5 heteroatoms. The van der Waals surface area contributed by atoms with Crippen LogP contribution in [0.25, 0.3) is 11.1 Å². The van der Waals surface area contributed by atoms with E-state index in [1.165, 1.54) is 12.1 Å². The van der Waals surface area contributed by atoms with Crippen molar-refractivity contribution in [3.63, 3.8) is 0 Å². The summed E-state index contributed by atoms with van der Waals surface area (Å²) in [5, 5.41) is 3.17. The first-order chi connectivity index (χ1) is 12.8. The van der Waals surface area contributed by atoms with Gasteiger partial charge in [-0.25, -0.2) is 0 Å². The molecule has 0 atom stereocenters. The van der Waals surface area contributed by atoms with Crippen LogP contribution >= 0.6 is 0 Å². The molecule has 0 saturated heterocycles. The van der Waals surface area contributed by atoms with Crippen molar-refractivity contribution in [1.82, 2.24) is 0 Å². The molecule has 0 aliphatic rings. The average Bonchev–Trinajstić information content (AvgIpc) is 2.66. The maximum Gasteiger partial charge on any atom is 0.416 e. The Bertz CT molecular complexity index is 883. The topological polar surface area (TPSA) is 15.3 Å². The van der Waals surface area contributed by atoms with E-state index in [2.05, 4.69) is 35.6 Å². The molecule has 0 amide bonds. The van der Waals surface area contributed by atoms with Crippen LogP contribution in [0.3, 0.4) is 0 Å². The van der Waals surface area contributed by atoms with Crippen molar-refractivity contribution in [3.8, 4) is 11.1 Å². The minimum Gasteiger partial charge on any atom is -0.381 e. The molecule has 3 aromatic rings. The summed E-state index contributed by atoms with van der Waals surface area (Å²) >= 11 is 0. The standard InChI is InChI=1S/C22H21F3N2/c1-27(2)21-12-6-17(7-13-21)18-5-3-4-16(14-18)15-26-20-10-8-19(9-11-20)22(23,24)25/h3-14,26H,15H2,1-2H3. The molecule has 0 radical (unpaired) electrons. The highest BCUT2D eigenvalue weighted by Crippen LogP contribution is 2.30. The first kappa shape index (κ1) is 18.8. The van der Waals surface area contributed by atoms with E-state index in [4.69, 9.17) is 0 Å². The van der Waals surface area contributed by atoms with Crippen LogP contribution in [0.1, 0.15) is 11.1 Å². The van der Waals surface area contributed by atoms with E-state index in [0.29, 0.717) is 12.2 Å². The third kappa shape index (κ3) is 4.82. The molecule has 0 bridgehead atoms. The Labute approximate surface area is 157 Å². The molecule has 0 aliphatic heterocycles. The average molecular weight is 370 g/mol. The van der Waals surface area contributed by atoms with Gasteiger partial charge in [-0.1, -0.05) is 30.3 Å². The van der Waals surface area contributed by atoms with E-state index in [-0.39, 0.29) is 0 Å². The van der Waals surface area contributed by atoms with Gasteiger partial charge in [-0.15, -0.1) is 0 Å². The van der Waals surface area contributed by atoms with Gasteiger partial charge in [0.1, 0.15) is 0 Å². The number of rotatable bonds is 5. The van der Waals surface area contributed by atoms with Crippen LogP contribution in [-0.2, 0) is 12.7 Å². The summed E-state index contributed by atoms with van der Waals surface area (Å²) in [5.41, 5.74) is 4.44. The van der Waals surface area contributed by atoms with Crippen LogP contribution in [0.4, 0.5) is 24.5 Å². The van der Waals surface area contributed by atoms with Gasteiger partial charge in [0.05, 0.1) is 5.56 Å². The molecule has 0 saturated carbocycles. The molecule has 1 N–H and O–H groups in total. The van der Waals surface area contributed by atoms with Gasteiger partial charge in [0, 0.05) is 32.0 Å². The minimum atomic E-state index is -4.31. The molecule has 0 aromatic heterocycles. The second kappa shape index (κ2) is 7.74. The third-order valence-corrected chi connectivity index (χ3v) is 4.35. The van der Waals surface area contributed by atoms with Crippen LogP contribution in [0.15, 0.2) is 72.8 Å². The maximum atomic E-state index is 12.6. The smallest absolute Gasteiger partial charge is 0.381 e. The number of alkyl halides is 3. The number of hydrogen-bond donors (Lipinski definition) is 1. The second-order valence-electron chi connectivity index (χ2n) is 6.57. The number of anilines is 2. The van der Waals surface area contributed by atoms with Crippen molar-refractivity contribution < 1.29 is 13.2 Å². The summed E-state index contributed by atoms with van der Waals surface area (Å²) < 4.78 is 37.9. The number of nitrogens with one attached hydrogen (secondary N) is 1. The van der Waals surface area contributed by atoms with Gasteiger partial charge in [0.15, 0.2) is 0 Å². The Morgan fingerprint density at radius 3 is 2.07 bits per heavy atom. The molecule has 0 aliphatic carbocycles. The number of benzene rings is 3. The van der Waals surface area contributed by atoms with E-state index in [0.717, 1.165) is 34.5 Å². The molecule has 0 heterocycles. The lowest BCUT2D eigenvalue weighted by atomic mass is 10.0. The van der Waals surface area contributed by atoms with Crippen molar-refractivity contribution in [2.75, 3.05) is 24.3 Å². The highest BCUT2D eigenvalue weighted by molar-refractivity contribution is 5.67. The number of halogens is 3. The Balaban J connectivity index is 1.69. The van der Waals surface area contributed by atoms with Crippen molar-refractivity contribution in [2.24, 2.45) is 0 Å². The lowest BCUT2D eigenvalue weighted by molar-refractivity contribution is -0.137. The number of nitrogens with zero attached hydrogens (tertiary/aromatic N) is 1. The van der Waals surface area contributed by atoms with Gasteiger partial charge in [-0.3, -0.25) is 0 Å². The van der Waals surface area contributed by atoms with Gasteiger partial charge in [-0.2, -0.15) is 13.2 Å². The maximum absolute atomic E-state index is 12.6. The highest BCUT2D eigenvalue weighted by atomic mass is 19.4. The van der Waals surface area contributed by atoms with Gasteiger partial charge < -0.3 is 10.2 Å². The fourth-order valence-corrected chi connectivity index (χ4v) is 2.79. The van der Waals surface area contributed by atoms with Crippen molar-refractivity contribution in [3.05, 3.63) is 83.9 Å². The van der Waals surface area contributed by atoms with Gasteiger partial charge >= 0.3 is 6.18 Å². The van der Waals surface area contributed by atoms with Crippen molar-refractivity contribution in [1.29, 1.82) is 0 Å². The SMILES string of the molecule is CN(C)c1ccc(-c2cccc(CNc3ccc(C(F)(F)F)cc3)c2)cc1. The summed E-state index contributed by atoms with van der Waals surface area (Å²) in [5.74, 6) is 0.